The van der Waals surface area contributed by atoms with Gasteiger partial charge in [0.15, 0.2) is 5.54 Å². The number of ether oxygens (including phenoxy) is 1. The number of carboxylic acids is 1. The second-order valence-electron chi connectivity index (χ2n) is 6.72. The van der Waals surface area contributed by atoms with E-state index in [1.54, 1.807) is 39.8 Å². The van der Waals surface area contributed by atoms with Gasteiger partial charge in [0.1, 0.15) is 5.60 Å². The molecule has 1 amide bonds. The van der Waals surface area contributed by atoms with Crippen molar-refractivity contribution in [3.63, 3.8) is 0 Å². The van der Waals surface area contributed by atoms with Crippen LogP contribution in [0.2, 0.25) is 0 Å². The monoisotopic (exact) mass is 329 g/mol. The van der Waals surface area contributed by atoms with E-state index in [9.17, 15) is 14.7 Å². The molecule has 24 heavy (non-hydrogen) atoms. The summed E-state index contributed by atoms with van der Waals surface area (Å²) in [4.78, 5) is 24.4. The van der Waals surface area contributed by atoms with Gasteiger partial charge in [-0.2, -0.15) is 0 Å². The molecule has 0 aliphatic carbocycles. The van der Waals surface area contributed by atoms with Crippen LogP contribution in [0.15, 0.2) is 42.5 Å². The molecule has 0 spiro atoms. The molecule has 0 fully saturated rings. The molecule has 0 saturated carbocycles. The quantitative estimate of drug-likeness (QED) is 0.887. The summed E-state index contributed by atoms with van der Waals surface area (Å²) in [5, 5.41) is 14.2. The van der Waals surface area contributed by atoms with Crippen LogP contribution in [-0.2, 0) is 15.1 Å². The van der Waals surface area contributed by atoms with Crippen molar-refractivity contribution in [2.75, 3.05) is 0 Å². The van der Waals surface area contributed by atoms with E-state index in [-0.39, 0.29) is 6.42 Å². The lowest BCUT2D eigenvalue weighted by Crippen LogP contribution is -2.52. The number of rotatable bonds is 4. The minimum absolute atomic E-state index is 0.190. The Hall–Kier alpha value is -2.56. The number of carbonyl (C=O) groups is 2. The maximum absolute atomic E-state index is 12.3. The first-order valence-electron chi connectivity index (χ1n) is 7.92. The van der Waals surface area contributed by atoms with Gasteiger partial charge in [0, 0.05) is 0 Å². The third-order valence-electron chi connectivity index (χ3n) is 3.86. The SMILES string of the molecule is CCC(NC(=O)OC(C)(C)C)(C(=O)O)c1cccc2ccccc12. The van der Waals surface area contributed by atoms with Crippen molar-refractivity contribution in [2.24, 2.45) is 0 Å². The number of nitrogens with one attached hydrogen (secondary N) is 1. The minimum Gasteiger partial charge on any atom is -0.479 e. The number of aliphatic carboxylic acids is 1. The predicted octanol–water partition coefficient (Wildman–Crippen LogP) is 4.05. The van der Waals surface area contributed by atoms with Crippen LogP contribution in [0.4, 0.5) is 4.79 Å². The smallest absolute Gasteiger partial charge is 0.408 e. The molecule has 0 aromatic heterocycles. The lowest BCUT2D eigenvalue weighted by molar-refractivity contribution is -0.145. The van der Waals surface area contributed by atoms with Crippen LogP contribution in [0.5, 0.6) is 0 Å². The highest BCUT2D eigenvalue weighted by molar-refractivity contribution is 5.94. The minimum atomic E-state index is -1.55. The van der Waals surface area contributed by atoms with Gasteiger partial charge in [-0.05, 0) is 43.5 Å². The van der Waals surface area contributed by atoms with Crippen LogP contribution in [0, 0.1) is 0 Å². The van der Waals surface area contributed by atoms with E-state index in [1.165, 1.54) is 0 Å². The molecule has 1 atom stereocenters. The molecule has 2 N–H and O–H groups in total. The number of fused-ring (bicyclic) bond motifs is 1. The summed E-state index contributed by atoms with van der Waals surface area (Å²) in [6.07, 6.45) is -0.560. The number of alkyl carbamates (subject to hydrolysis) is 1. The molecule has 0 heterocycles. The molecule has 2 aromatic rings. The topological polar surface area (TPSA) is 75.6 Å². The summed E-state index contributed by atoms with van der Waals surface area (Å²) >= 11 is 0. The highest BCUT2D eigenvalue weighted by atomic mass is 16.6. The van der Waals surface area contributed by atoms with Crippen LogP contribution < -0.4 is 5.32 Å². The fraction of sp³-hybridized carbons (Fsp3) is 0.368. The van der Waals surface area contributed by atoms with E-state index in [0.29, 0.717) is 5.56 Å². The van der Waals surface area contributed by atoms with E-state index in [1.807, 2.05) is 30.3 Å². The molecular weight excluding hydrogens is 306 g/mol. The van der Waals surface area contributed by atoms with Crippen LogP contribution >= 0.6 is 0 Å². The number of carboxylic acid groups (broad SMARTS) is 1. The average Bonchev–Trinajstić information content (AvgIpc) is 2.50. The third kappa shape index (κ3) is 3.50. The Morgan fingerprint density at radius 3 is 2.29 bits per heavy atom. The maximum Gasteiger partial charge on any atom is 0.408 e. The first-order chi connectivity index (χ1) is 11.2. The molecule has 128 valence electrons. The zero-order chi connectivity index (χ0) is 18.0. The van der Waals surface area contributed by atoms with Crippen molar-refractivity contribution in [3.8, 4) is 0 Å². The van der Waals surface area contributed by atoms with Crippen molar-refractivity contribution in [1.82, 2.24) is 5.32 Å². The molecule has 0 aliphatic heterocycles. The highest BCUT2D eigenvalue weighted by Gasteiger charge is 2.42. The van der Waals surface area contributed by atoms with Gasteiger partial charge < -0.3 is 15.2 Å². The zero-order valence-corrected chi connectivity index (χ0v) is 14.4. The Morgan fingerprint density at radius 2 is 1.71 bits per heavy atom. The Morgan fingerprint density at radius 1 is 1.08 bits per heavy atom. The van der Waals surface area contributed by atoms with Crippen molar-refractivity contribution >= 4 is 22.8 Å². The molecule has 1 unspecified atom stereocenters. The van der Waals surface area contributed by atoms with E-state index < -0.39 is 23.2 Å². The fourth-order valence-corrected chi connectivity index (χ4v) is 2.74. The number of amides is 1. The van der Waals surface area contributed by atoms with Crippen LogP contribution in [-0.4, -0.2) is 22.8 Å². The molecule has 5 heteroatoms. The number of hydrogen-bond acceptors (Lipinski definition) is 3. The molecule has 5 nitrogen and oxygen atoms in total. The van der Waals surface area contributed by atoms with Crippen LogP contribution in [0.25, 0.3) is 10.8 Å². The molecule has 0 radical (unpaired) electrons. The Bertz CT molecular complexity index is 758. The lowest BCUT2D eigenvalue weighted by Gasteiger charge is -2.32. The van der Waals surface area contributed by atoms with Crippen molar-refractivity contribution < 1.29 is 19.4 Å². The highest BCUT2D eigenvalue weighted by Crippen LogP contribution is 2.32. The summed E-state index contributed by atoms with van der Waals surface area (Å²) in [5.41, 5.74) is -1.72. The van der Waals surface area contributed by atoms with Gasteiger partial charge in [0.25, 0.3) is 0 Å². The van der Waals surface area contributed by atoms with Gasteiger partial charge in [-0.1, -0.05) is 49.4 Å². The number of carbonyl (C=O) groups excluding carboxylic acids is 1. The summed E-state index contributed by atoms with van der Waals surface area (Å²) in [5.74, 6) is -1.12. The van der Waals surface area contributed by atoms with Gasteiger partial charge in [-0.25, -0.2) is 9.59 Å². The van der Waals surface area contributed by atoms with Gasteiger partial charge >= 0.3 is 12.1 Å². The Kier molecular flexibility index (Phi) is 4.83. The maximum atomic E-state index is 12.3. The normalized spacial score (nSPS) is 14.0. The first-order valence-corrected chi connectivity index (χ1v) is 7.92. The van der Waals surface area contributed by atoms with E-state index in [2.05, 4.69) is 5.32 Å². The molecule has 2 aromatic carbocycles. The fourth-order valence-electron chi connectivity index (χ4n) is 2.74. The number of hydrogen-bond donors (Lipinski definition) is 2. The second kappa shape index (κ2) is 6.51. The predicted molar refractivity (Wildman–Crippen MR) is 92.9 cm³/mol. The van der Waals surface area contributed by atoms with Crippen LogP contribution in [0.3, 0.4) is 0 Å². The van der Waals surface area contributed by atoms with Crippen LogP contribution in [0.1, 0.15) is 39.7 Å². The first kappa shape index (κ1) is 17.8. The van der Waals surface area contributed by atoms with E-state index >= 15 is 0 Å². The van der Waals surface area contributed by atoms with Crippen molar-refractivity contribution in [3.05, 3.63) is 48.0 Å². The van der Waals surface area contributed by atoms with Gasteiger partial charge in [-0.15, -0.1) is 0 Å². The summed E-state index contributed by atoms with van der Waals surface area (Å²) in [7, 11) is 0. The van der Waals surface area contributed by atoms with Gasteiger partial charge in [-0.3, -0.25) is 0 Å². The molecular formula is C19H23NO4. The second-order valence-corrected chi connectivity index (χ2v) is 6.72. The van der Waals surface area contributed by atoms with Gasteiger partial charge in [0.05, 0.1) is 0 Å². The van der Waals surface area contributed by atoms with Crippen molar-refractivity contribution in [2.45, 2.75) is 45.3 Å². The molecule has 0 bridgehead atoms. The molecule has 0 aliphatic rings. The average molecular weight is 329 g/mol. The molecule has 2 rings (SSSR count). The van der Waals surface area contributed by atoms with Gasteiger partial charge in [0.2, 0.25) is 0 Å². The number of benzene rings is 2. The standard InChI is InChI=1S/C19H23NO4/c1-5-19(16(21)22,20-17(23)24-18(2,3)4)15-12-8-10-13-9-6-7-11-14(13)15/h6-12H,5H2,1-4H3,(H,20,23)(H,21,22). The van der Waals surface area contributed by atoms with E-state index in [4.69, 9.17) is 4.74 Å². The van der Waals surface area contributed by atoms with E-state index in [0.717, 1.165) is 10.8 Å². The summed E-state index contributed by atoms with van der Waals surface area (Å²) < 4.78 is 5.27. The largest absolute Gasteiger partial charge is 0.479 e. The lowest BCUT2D eigenvalue weighted by atomic mass is 9.84. The molecule has 0 saturated heterocycles. The Balaban J connectivity index is 2.55. The third-order valence-corrected chi connectivity index (χ3v) is 3.86. The van der Waals surface area contributed by atoms with Crippen molar-refractivity contribution in [1.29, 1.82) is 0 Å². The zero-order valence-electron chi connectivity index (χ0n) is 14.4. The summed E-state index contributed by atoms with van der Waals surface area (Å²) in [6, 6.07) is 12.9. The summed E-state index contributed by atoms with van der Waals surface area (Å²) in [6.45, 7) is 6.93. The Labute approximate surface area is 141 Å².